The molecule has 0 unspecified atom stereocenters. The number of nitrogens with one attached hydrogen (secondary N) is 1. The predicted molar refractivity (Wildman–Crippen MR) is 141 cm³/mol. The van der Waals surface area contributed by atoms with Crippen molar-refractivity contribution in [3.05, 3.63) is 106 Å². The van der Waals surface area contributed by atoms with Crippen LogP contribution in [0.4, 0.5) is 5.69 Å². The maximum Gasteiger partial charge on any atom is 0.251 e. The number of ether oxygens (including phenoxy) is 2. The van der Waals surface area contributed by atoms with E-state index in [0.29, 0.717) is 48.9 Å². The molecule has 4 rings (SSSR count). The van der Waals surface area contributed by atoms with Gasteiger partial charge in [-0.05, 0) is 47.3 Å². The number of aliphatic hydroxyl groups excluding tert-OH is 1. The first kappa shape index (κ1) is 25.8. The van der Waals surface area contributed by atoms with Crippen molar-refractivity contribution in [1.82, 2.24) is 5.32 Å². The van der Waals surface area contributed by atoms with Crippen LogP contribution in [0.3, 0.4) is 0 Å². The summed E-state index contributed by atoms with van der Waals surface area (Å²) in [7, 11) is 0. The maximum absolute atomic E-state index is 13.6. The summed E-state index contributed by atoms with van der Waals surface area (Å²) in [6, 6.07) is 24.3. The molecule has 1 amide bonds. The van der Waals surface area contributed by atoms with Crippen molar-refractivity contribution in [1.29, 1.82) is 0 Å². The van der Waals surface area contributed by atoms with Gasteiger partial charge in [-0.1, -0.05) is 59.7 Å². The van der Waals surface area contributed by atoms with Crippen LogP contribution >= 0.6 is 0 Å². The van der Waals surface area contributed by atoms with E-state index in [0.717, 1.165) is 11.1 Å². The molecular formula is C28H29N5O4. The normalized spacial score (nSPS) is 16.3. The van der Waals surface area contributed by atoms with E-state index in [4.69, 9.17) is 25.1 Å². The Kier molecular flexibility index (Phi) is 8.75. The van der Waals surface area contributed by atoms with Gasteiger partial charge in [-0.3, -0.25) is 4.79 Å². The summed E-state index contributed by atoms with van der Waals surface area (Å²) in [5.74, 6) is 0.781. The third-order valence-electron chi connectivity index (χ3n) is 6.03. The summed E-state index contributed by atoms with van der Waals surface area (Å²) in [4.78, 5) is 21.3. The summed E-state index contributed by atoms with van der Waals surface area (Å²) in [6.45, 7) is 0.997. The van der Waals surface area contributed by atoms with Gasteiger partial charge in [-0.25, -0.2) is 4.99 Å². The van der Waals surface area contributed by atoms with Gasteiger partial charge in [-0.15, -0.1) is 0 Å². The minimum Gasteiger partial charge on any atom is -0.494 e. The number of azide groups is 1. The Balaban J connectivity index is 1.57. The van der Waals surface area contributed by atoms with Crippen LogP contribution < -0.4 is 10.1 Å². The third-order valence-corrected chi connectivity index (χ3v) is 6.03. The van der Waals surface area contributed by atoms with Crippen LogP contribution in [-0.4, -0.2) is 48.8 Å². The lowest BCUT2D eigenvalue weighted by Gasteiger charge is -2.24. The van der Waals surface area contributed by atoms with Crippen molar-refractivity contribution in [2.75, 3.05) is 26.4 Å². The lowest BCUT2D eigenvalue weighted by atomic mass is 9.90. The van der Waals surface area contributed by atoms with Crippen LogP contribution in [0, 0.1) is 0 Å². The summed E-state index contributed by atoms with van der Waals surface area (Å²) >= 11 is 0. The molecule has 9 heteroatoms. The van der Waals surface area contributed by atoms with E-state index in [1.54, 1.807) is 24.3 Å². The van der Waals surface area contributed by atoms with Crippen LogP contribution in [0.25, 0.3) is 10.4 Å². The molecule has 1 aliphatic rings. The van der Waals surface area contributed by atoms with Gasteiger partial charge in [0.2, 0.25) is 5.90 Å². The fourth-order valence-corrected chi connectivity index (χ4v) is 4.08. The maximum atomic E-state index is 13.6. The second kappa shape index (κ2) is 12.6. The van der Waals surface area contributed by atoms with E-state index in [2.05, 4.69) is 15.3 Å². The molecule has 190 valence electrons. The summed E-state index contributed by atoms with van der Waals surface area (Å²) in [5, 5.41) is 15.7. The Bertz CT molecular complexity index is 1270. The number of aliphatic imine (C=N–C) groups is 1. The molecule has 0 saturated carbocycles. The zero-order valence-electron chi connectivity index (χ0n) is 20.4. The average molecular weight is 500 g/mol. The molecule has 1 aliphatic heterocycles. The highest BCUT2D eigenvalue weighted by Crippen LogP contribution is 2.31. The first-order valence-electron chi connectivity index (χ1n) is 12.2. The Morgan fingerprint density at radius 1 is 1.11 bits per heavy atom. The molecule has 0 radical (unpaired) electrons. The zero-order chi connectivity index (χ0) is 25.9. The lowest BCUT2D eigenvalue weighted by Crippen LogP contribution is -2.49. The Hall–Kier alpha value is -4.33. The topological polar surface area (TPSA) is 129 Å². The van der Waals surface area contributed by atoms with Crippen molar-refractivity contribution in [3.8, 4) is 5.75 Å². The first-order valence-corrected chi connectivity index (χ1v) is 12.2. The van der Waals surface area contributed by atoms with Gasteiger partial charge < -0.3 is 19.9 Å². The van der Waals surface area contributed by atoms with E-state index in [1.165, 1.54) is 0 Å². The van der Waals surface area contributed by atoms with Gasteiger partial charge in [0.05, 0.1) is 6.61 Å². The van der Waals surface area contributed by atoms with Crippen LogP contribution in [0.5, 0.6) is 5.75 Å². The summed E-state index contributed by atoms with van der Waals surface area (Å²) in [5.41, 5.74) is 10.8. The number of nitrogens with zero attached hydrogens (tertiary/aromatic N) is 4. The molecule has 1 heterocycles. The third kappa shape index (κ3) is 6.67. The number of hydrogen-bond donors (Lipinski definition) is 2. The van der Waals surface area contributed by atoms with Crippen molar-refractivity contribution in [3.63, 3.8) is 0 Å². The van der Waals surface area contributed by atoms with E-state index in [-0.39, 0.29) is 25.5 Å². The molecule has 0 aliphatic carbocycles. The SMILES string of the molecule is [N-]=[N+]=Nc1ccccc1C[C@]1(C(=O)NCCc2ccccc2)COC(c2ccc(OCCCO)cc2)=N1. The van der Waals surface area contributed by atoms with Gasteiger partial charge in [0.25, 0.3) is 5.91 Å². The van der Waals surface area contributed by atoms with Crippen molar-refractivity contribution >= 4 is 17.5 Å². The minimum absolute atomic E-state index is 0.0544. The van der Waals surface area contributed by atoms with Crippen LogP contribution in [0.2, 0.25) is 0 Å². The Morgan fingerprint density at radius 2 is 1.86 bits per heavy atom. The van der Waals surface area contributed by atoms with Crippen LogP contribution in [0.1, 0.15) is 23.1 Å². The van der Waals surface area contributed by atoms with Crippen molar-refractivity contribution < 1.29 is 19.4 Å². The summed E-state index contributed by atoms with van der Waals surface area (Å²) in [6.07, 6.45) is 1.45. The van der Waals surface area contributed by atoms with E-state index in [9.17, 15) is 4.79 Å². The fourth-order valence-electron chi connectivity index (χ4n) is 4.08. The molecule has 0 spiro atoms. The molecule has 0 aromatic heterocycles. The monoisotopic (exact) mass is 499 g/mol. The molecule has 0 bridgehead atoms. The first-order chi connectivity index (χ1) is 18.1. The molecule has 9 nitrogen and oxygen atoms in total. The predicted octanol–water partition coefficient (Wildman–Crippen LogP) is 4.51. The molecule has 2 N–H and O–H groups in total. The highest BCUT2D eigenvalue weighted by atomic mass is 16.5. The molecule has 0 fully saturated rings. The minimum atomic E-state index is -1.22. The van der Waals surface area contributed by atoms with Gasteiger partial charge in [-0.2, -0.15) is 0 Å². The van der Waals surface area contributed by atoms with E-state index < -0.39 is 5.54 Å². The Morgan fingerprint density at radius 3 is 2.62 bits per heavy atom. The molecular weight excluding hydrogens is 470 g/mol. The number of hydrogen-bond acceptors (Lipinski definition) is 6. The molecule has 3 aromatic rings. The molecule has 37 heavy (non-hydrogen) atoms. The second-order valence-electron chi connectivity index (χ2n) is 8.67. The standard InChI is InChI=1S/C28H29N5O4/c29-33-32-25-10-5-4-9-23(25)19-28(27(35)30-16-15-21-7-2-1-3-8-21)20-37-26(31-28)22-11-13-24(14-12-22)36-18-6-17-34/h1-5,7-14,34H,6,15-20H2,(H,30,35)/t28-/m1/s1. The molecule has 1 atom stereocenters. The largest absolute Gasteiger partial charge is 0.494 e. The smallest absolute Gasteiger partial charge is 0.251 e. The molecule has 0 saturated heterocycles. The average Bonchev–Trinajstić information content (AvgIpc) is 3.36. The number of rotatable bonds is 12. The lowest BCUT2D eigenvalue weighted by molar-refractivity contribution is -0.126. The fraction of sp³-hybridized carbons (Fsp3) is 0.286. The van der Waals surface area contributed by atoms with Gasteiger partial charge in [0, 0.05) is 42.2 Å². The number of aliphatic hydroxyl groups is 1. The molecule has 3 aromatic carbocycles. The number of carbonyl (C=O) groups is 1. The van der Waals surface area contributed by atoms with Crippen molar-refractivity contribution in [2.45, 2.75) is 24.8 Å². The highest BCUT2D eigenvalue weighted by molar-refractivity contribution is 6.00. The van der Waals surface area contributed by atoms with E-state index in [1.807, 2.05) is 54.6 Å². The van der Waals surface area contributed by atoms with E-state index >= 15 is 0 Å². The van der Waals surface area contributed by atoms with Crippen molar-refractivity contribution in [2.24, 2.45) is 10.1 Å². The Labute approximate surface area is 215 Å². The summed E-state index contributed by atoms with van der Waals surface area (Å²) < 4.78 is 11.6. The second-order valence-corrected chi connectivity index (χ2v) is 8.67. The van der Waals surface area contributed by atoms with Gasteiger partial charge in [0.15, 0.2) is 5.54 Å². The number of carbonyl (C=O) groups excluding carboxylic acids is 1. The quantitative estimate of drug-likeness (QED) is 0.164. The van der Waals surface area contributed by atoms with Gasteiger partial charge in [0.1, 0.15) is 12.4 Å². The number of benzene rings is 3. The van der Waals surface area contributed by atoms with Gasteiger partial charge >= 0.3 is 0 Å². The number of amides is 1. The van der Waals surface area contributed by atoms with Crippen LogP contribution in [0.15, 0.2) is 89.0 Å². The highest BCUT2D eigenvalue weighted by Gasteiger charge is 2.44. The zero-order valence-corrected chi connectivity index (χ0v) is 20.4. The van der Waals surface area contributed by atoms with Crippen LogP contribution in [-0.2, 0) is 22.4 Å².